The summed E-state index contributed by atoms with van der Waals surface area (Å²) >= 11 is 1.63. The minimum Gasteiger partial charge on any atom is -0.459 e. The molecule has 1 aliphatic rings. The second-order valence-corrected chi connectivity index (χ2v) is 9.79. The number of aromatic nitrogens is 3. The molecule has 0 saturated heterocycles. The molecule has 3 heterocycles. The summed E-state index contributed by atoms with van der Waals surface area (Å²) in [4.78, 5) is 29.7. The minimum absolute atomic E-state index is 0.0666. The maximum absolute atomic E-state index is 12.0. The number of carbonyl (C=O) groups excluding carboxylic acids is 1. The van der Waals surface area contributed by atoms with Gasteiger partial charge < -0.3 is 14.5 Å². The highest BCUT2D eigenvalue weighted by atomic mass is 32.2. The predicted molar refractivity (Wildman–Crippen MR) is 143 cm³/mol. The molecule has 1 aliphatic heterocycles. The van der Waals surface area contributed by atoms with Crippen LogP contribution in [-0.2, 0) is 4.79 Å². The molecule has 0 spiro atoms. The van der Waals surface area contributed by atoms with Gasteiger partial charge in [-0.1, -0.05) is 43.5 Å². The SMILES string of the molecule is C=C(CC=CC(=CCC)CC(=O)N(C)C)COc1nccc(C(C#N)C2Sc3ccncc3N2C)n1. The number of nitriles is 1. The van der Waals surface area contributed by atoms with Crippen molar-refractivity contribution in [2.24, 2.45) is 0 Å². The Labute approximate surface area is 217 Å². The van der Waals surface area contributed by atoms with Gasteiger partial charge in [0.25, 0.3) is 0 Å². The van der Waals surface area contributed by atoms with Gasteiger partial charge in [0, 0.05) is 38.4 Å². The normalized spacial score (nSPS) is 15.9. The lowest BCUT2D eigenvalue weighted by Gasteiger charge is -2.25. The number of thioether (sulfide) groups is 1. The third kappa shape index (κ3) is 6.95. The Morgan fingerprint density at radius 2 is 2.19 bits per heavy atom. The third-order valence-corrected chi connectivity index (χ3v) is 7.06. The van der Waals surface area contributed by atoms with Gasteiger partial charge in [-0.3, -0.25) is 9.78 Å². The number of pyridine rings is 1. The van der Waals surface area contributed by atoms with Crippen LogP contribution in [0.15, 0.2) is 71.6 Å². The van der Waals surface area contributed by atoms with Crippen LogP contribution in [-0.4, -0.2) is 58.9 Å². The molecule has 2 aromatic rings. The van der Waals surface area contributed by atoms with Gasteiger partial charge >= 0.3 is 6.01 Å². The molecule has 0 bridgehead atoms. The molecule has 1 amide bonds. The van der Waals surface area contributed by atoms with Crippen LogP contribution in [0, 0.1) is 11.3 Å². The van der Waals surface area contributed by atoms with Gasteiger partial charge in [-0.2, -0.15) is 10.2 Å². The van der Waals surface area contributed by atoms with Crippen molar-refractivity contribution >= 4 is 23.4 Å². The van der Waals surface area contributed by atoms with Gasteiger partial charge in [0.05, 0.1) is 30.1 Å². The number of anilines is 1. The fourth-order valence-corrected chi connectivity index (χ4v) is 4.97. The quantitative estimate of drug-likeness (QED) is 0.320. The van der Waals surface area contributed by atoms with Crippen molar-refractivity contribution in [2.45, 2.75) is 42.4 Å². The van der Waals surface area contributed by atoms with E-state index in [0.717, 1.165) is 28.1 Å². The van der Waals surface area contributed by atoms with E-state index in [1.165, 1.54) is 0 Å². The van der Waals surface area contributed by atoms with E-state index in [1.54, 1.807) is 49.2 Å². The summed E-state index contributed by atoms with van der Waals surface area (Å²) in [6, 6.07) is 6.33. The van der Waals surface area contributed by atoms with Crippen LogP contribution < -0.4 is 9.64 Å². The number of rotatable bonds is 11. The summed E-state index contributed by atoms with van der Waals surface area (Å²) < 4.78 is 5.78. The molecule has 0 radical (unpaired) electrons. The minimum atomic E-state index is -0.475. The van der Waals surface area contributed by atoms with Crippen LogP contribution in [0.25, 0.3) is 0 Å². The molecular weight excluding hydrogens is 472 g/mol. The summed E-state index contributed by atoms with van der Waals surface area (Å²) in [5, 5.41) is 9.83. The lowest BCUT2D eigenvalue weighted by molar-refractivity contribution is -0.127. The highest BCUT2D eigenvalue weighted by molar-refractivity contribution is 8.00. The van der Waals surface area contributed by atoms with E-state index in [0.29, 0.717) is 18.5 Å². The second-order valence-electron chi connectivity index (χ2n) is 8.63. The Morgan fingerprint density at radius 3 is 2.89 bits per heavy atom. The van der Waals surface area contributed by atoms with Gasteiger partial charge in [-0.05, 0) is 36.1 Å². The van der Waals surface area contributed by atoms with E-state index in [2.05, 4.69) is 38.6 Å². The monoisotopic (exact) mass is 504 g/mol. The van der Waals surface area contributed by atoms with Gasteiger partial charge in [-0.25, -0.2) is 4.98 Å². The number of carbonyl (C=O) groups is 1. The Bertz CT molecular complexity index is 1190. The first-order valence-electron chi connectivity index (χ1n) is 11.7. The molecule has 2 atom stereocenters. The van der Waals surface area contributed by atoms with Crippen LogP contribution in [0.2, 0.25) is 0 Å². The van der Waals surface area contributed by atoms with Crippen molar-refractivity contribution in [2.75, 3.05) is 32.6 Å². The first-order chi connectivity index (χ1) is 17.3. The maximum Gasteiger partial charge on any atom is 0.316 e. The Hall–Kier alpha value is -3.64. The summed E-state index contributed by atoms with van der Waals surface area (Å²) in [7, 11) is 5.47. The van der Waals surface area contributed by atoms with Gasteiger partial charge in [0.15, 0.2) is 0 Å². The molecule has 188 valence electrons. The molecule has 0 N–H and O–H groups in total. The molecule has 0 saturated carbocycles. The highest BCUT2D eigenvalue weighted by Gasteiger charge is 2.36. The zero-order valence-electron chi connectivity index (χ0n) is 21.2. The molecule has 0 aliphatic carbocycles. The van der Waals surface area contributed by atoms with Crippen LogP contribution in [0.4, 0.5) is 5.69 Å². The zero-order chi connectivity index (χ0) is 26.1. The molecule has 3 rings (SSSR count). The average Bonchev–Trinajstić information content (AvgIpc) is 3.19. The number of fused-ring (bicyclic) bond motifs is 1. The average molecular weight is 505 g/mol. The van der Waals surface area contributed by atoms with Crippen LogP contribution in [0.5, 0.6) is 6.01 Å². The Balaban J connectivity index is 1.58. The number of allylic oxidation sites excluding steroid dienone is 3. The van der Waals surface area contributed by atoms with Gasteiger partial charge in [-0.15, -0.1) is 0 Å². The summed E-state index contributed by atoms with van der Waals surface area (Å²) in [5.74, 6) is -0.408. The standard InChI is InChI=1S/C27H32N6O2S/c1-6-8-20(15-25(34)32(3)4)10-7-9-19(2)18-35-27-30-14-11-22(31-27)21(16-28)26-33(5)23-17-29-13-12-24(23)36-26/h7-8,10-14,17,21,26H,2,6,9,15,18H2,1,3-5H3. The molecule has 0 aromatic carbocycles. The van der Waals surface area contributed by atoms with Crippen molar-refractivity contribution in [1.82, 2.24) is 19.9 Å². The maximum atomic E-state index is 12.0. The third-order valence-electron chi connectivity index (χ3n) is 5.63. The van der Waals surface area contributed by atoms with E-state index in [1.807, 2.05) is 38.4 Å². The van der Waals surface area contributed by atoms with E-state index in [-0.39, 0.29) is 23.9 Å². The molecule has 8 nitrogen and oxygen atoms in total. The number of likely N-dealkylation sites (N-methyl/N-ethyl adjacent to an activating group) is 1. The first-order valence-corrected chi connectivity index (χ1v) is 12.6. The van der Waals surface area contributed by atoms with Crippen LogP contribution >= 0.6 is 11.8 Å². The molecular formula is C27H32N6O2S. The van der Waals surface area contributed by atoms with E-state index < -0.39 is 5.92 Å². The first kappa shape index (κ1) is 27.0. The van der Waals surface area contributed by atoms with E-state index in [4.69, 9.17) is 4.74 Å². The molecule has 9 heteroatoms. The number of nitrogens with zero attached hydrogens (tertiary/aromatic N) is 6. The molecule has 2 aromatic heterocycles. The highest BCUT2D eigenvalue weighted by Crippen LogP contribution is 2.46. The van der Waals surface area contributed by atoms with Crippen molar-refractivity contribution in [3.05, 3.63) is 72.4 Å². The van der Waals surface area contributed by atoms with Gasteiger partial charge in [0.2, 0.25) is 5.91 Å². The topological polar surface area (TPSA) is 95.2 Å². The number of hydrogen-bond acceptors (Lipinski definition) is 8. The predicted octanol–water partition coefficient (Wildman–Crippen LogP) is 4.74. The smallest absolute Gasteiger partial charge is 0.316 e. The number of hydrogen-bond donors (Lipinski definition) is 0. The number of ether oxygens (including phenoxy) is 1. The number of amides is 1. The lowest BCUT2D eigenvalue weighted by Crippen LogP contribution is -2.30. The lowest BCUT2D eigenvalue weighted by atomic mass is 10.1. The molecule has 2 unspecified atom stereocenters. The largest absolute Gasteiger partial charge is 0.459 e. The van der Waals surface area contributed by atoms with Crippen molar-refractivity contribution in [3.63, 3.8) is 0 Å². The van der Waals surface area contributed by atoms with Crippen molar-refractivity contribution in [3.8, 4) is 12.1 Å². The summed E-state index contributed by atoms with van der Waals surface area (Å²) in [5.41, 5.74) is 3.45. The zero-order valence-corrected chi connectivity index (χ0v) is 22.0. The van der Waals surface area contributed by atoms with E-state index >= 15 is 0 Å². The van der Waals surface area contributed by atoms with Crippen LogP contribution in [0.1, 0.15) is 37.8 Å². The Kier molecular flexibility index (Phi) is 9.65. The van der Waals surface area contributed by atoms with Gasteiger partial charge in [0.1, 0.15) is 17.9 Å². The summed E-state index contributed by atoms with van der Waals surface area (Å²) in [6.07, 6.45) is 13.0. The Morgan fingerprint density at radius 1 is 1.39 bits per heavy atom. The summed E-state index contributed by atoms with van der Waals surface area (Å²) in [6.45, 7) is 6.38. The fraction of sp³-hybridized carbons (Fsp3) is 0.370. The van der Waals surface area contributed by atoms with Crippen molar-refractivity contribution in [1.29, 1.82) is 5.26 Å². The second kappa shape index (κ2) is 12.9. The fourth-order valence-electron chi connectivity index (χ4n) is 3.65. The van der Waals surface area contributed by atoms with Crippen LogP contribution in [0.3, 0.4) is 0 Å². The molecule has 36 heavy (non-hydrogen) atoms. The molecule has 0 fully saturated rings. The van der Waals surface area contributed by atoms with E-state index in [9.17, 15) is 10.1 Å². The van der Waals surface area contributed by atoms with Crippen molar-refractivity contribution < 1.29 is 9.53 Å².